The zero-order valence-corrected chi connectivity index (χ0v) is 13.5. The second kappa shape index (κ2) is 6.87. The Morgan fingerprint density at radius 1 is 1.30 bits per heavy atom. The molecule has 1 unspecified atom stereocenters. The predicted molar refractivity (Wildman–Crippen MR) is 81.8 cm³/mol. The van der Waals surface area contributed by atoms with E-state index in [1.54, 1.807) is 6.92 Å². The molecule has 118 valence electrons. The Bertz CT molecular complexity index is 325. The van der Waals surface area contributed by atoms with Crippen LogP contribution in [0.4, 0.5) is 0 Å². The van der Waals surface area contributed by atoms with Crippen LogP contribution in [0.25, 0.3) is 0 Å². The van der Waals surface area contributed by atoms with E-state index in [9.17, 15) is 4.79 Å². The fourth-order valence-electron chi connectivity index (χ4n) is 2.89. The van der Waals surface area contributed by atoms with Gasteiger partial charge < -0.3 is 20.6 Å². The normalized spacial score (nSPS) is 20.8. The van der Waals surface area contributed by atoms with Gasteiger partial charge in [-0.3, -0.25) is 4.79 Å². The number of aliphatic carboxylic acids is 1. The summed E-state index contributed by atoms with van der Waals surface area (Å²) in [5.74, 6) is -0.910. The van der Waals surface area contributed by atoms with Crippen molar-refractivity contribution in [3.8, 4) is 0 Å². The molecular weight excluding hydrogens is 254 g/mol. The number of hydrogen-bond donors (Lipinski definition) is 2. The van der Waals surface area contributed by atoms with Crippen molar-refractivity contribution in [2.45, 2.75) is 56.5 Å². The topological polar surface area (TPSA) is 69.8 Å². The number of carboxylic acids is 1. The highest BCUT2D eigenvalue weighted by Gasteiger charge is 2.39. The van der Waals surface area contributed by atoms with Crippen LogP contribution in [0.2, 0.25) is 0 Å². The molecule has 0 aromatic heterocycles. The van der Waals surface area contributed by atoms with Crippen molar-refractivity contribution >= 4 is 5.97 Å². The van der Waals surface area contributed by atoms with Gasteiger partial charge in [-0.05, 0) is 73.1 Å². The molecule has 5 nitrogen and oxygen atoms in total. The van der Waals surface area contributed by atoms with Gasteiger partial charge in [0, 0.05) is 12.1 Å². The highest BCUT2D eigenvalue weighted by molar-refractivity contribution is 5.77. The van der Waals surface area contributed by atoms with Crippen molar-refractivity contribution in [3.63, 3.8) is 0 Å². The minimum atomic E-state index is -1.09. The zero-order chi connectivity index (χ0) is 15.4. The molecule has 0 radical (unpaired) electrons. The quantitative estimate of drug-likeness (QED) is 0.626. The molecule has 0 spiro atoms. The number of carboxylic acid groups (broad SMARTS) is 1. The average molecular weight is 285 g/mol. The monoisotopic (exact) mass is 285 g/mol. The Balaban J connectivity index is 2.24. The molecule has 5 heteroatoms. The van der Waals surface area contributed by atoms with Crippen molar-refractivity contribution in [2.75, 3.05) is 34.2 Å². The predicted octanol–water partition coefficient (Wildman–Crippen LogP) is 1.37. The summed E-state index contributed by atoms with van der Waals surface area (Å²) in [6.45, 7) is 3.69. The number of likely N-dealkylation sites (N-methyl/N-ethyl adjacent to an activating group) is 2. The van der Waals surface area contributed by atoms with Gasteiger partial charge >= 0.3 is 5.97 Å². The first-order valence-corrected chi connectivity index (χ1v) is 7.58. The molecule has 0 bridgehead atoms. The van der Waals surface area contributed by atoms with Crippen LogP contribution < -0.4 is 5.73 Å². The van der Waals surface area contributed by atoms with Crippen molar-refractivity contribution < 1.29 is 9.90 Å². The van der Waals surface area contributed by atoms with Gasteiger partial charge in [-0.15, -0.1) is 0 Å². The third kappa shape index (κ3) is 4.43. The maximum atomic E-state index is 10.9. The van der Waals surface area contributed by atoms with Gasteiger partial charge in [0.1, 0.15) is 5.54 Å². The SMILES string of the molecule is CN(CCCCC(C)(N)C(=O)O)CC1(N(C)C)CCC1. The van der Waals surface area contributed by atoms with Gasteiger partial charge in [0.05, 0.1) is 0 Å². The maximum Gasteiger partial charge on any atom is 0.323 e. The Hall–Kier alpha value is -0.650. The minimum Gasteiger partial charge on any atom is -0.480 e. The van der Waals surface area contributed by atoms with E-state index in [4.69, 9.17) is 10.8 Å². The van der Waals surface area contributed by atoms with E-state index in [2.05, 4.69) is 30.9 Å². The fraction of sp³-hybridized carbons (Fsp3) is 0.933. The Labute approximate surface area is 123 Å². The highest BCUT2D eigenvalue weighted by atomic mass is 16.4. The molecule has 0 heterocycles. The molecule has 1 rings (SSSR count). The van der Waals surface area contributed by atoms with Gasteiger partial charge in [-0.25, -0.2) is 0 Å². The lowest BCUT2D eigenvalue weighted by Gasteiger charge is -2.49. The van der Waals surface area contributed by atoms with Gasteiger partial charge in [-0.1, -0.05) is 0 Å². The van der Waals surface area contributed by atoms with Crippen LogP contribution in [0.1, 0.15) is 45.4 Å². The molecular formula is C15H31N3O2. The Morgan fingerprint density at radius 3 is 2.30 bits per heavy atom. The van der Waals surface area contributed by atoms with E-state index in [0.717, 1.165) is 25.9 Å². The Morgan fingerprint density at radius 2 is 1.90 bits per heavy atom. The van der Waals surface area contributed by atoms with Gasteiger partial charge in [0.15, 0.2) is 0 Å². The lowest BCUT2D eigenvalue weighted by atomic mass is 9.75. The van der Waals surface area contributed by atoms with Crippen LogP contribution in [0.3, 0.4) is 0 Å². The van der Waals surface area contributed by atoms with Crippen LogP contribution in [0.15, 0.2) is 0 Å². The maximum absolute atomic E-state index is 10.9. The van der Waals surface area contributed by atoms with Crippen LogP contribution >= 0.6 is 0 Å². The molecule has 1 aliphatic carbocycles. The van der Waals surface area contributed by atoms with E-state index in [-0.39, 0.29) is 0 Å². The molecule has 0 saturated heterocycles. The zero-order valence-electron chi connectivity index (χ0n) is 13.5. The van der Waals surface area contributed by atoms with Crippen molar-refractivity contribution in [1.82, 2.24) is 9.80 Å². The summed E-state index contributed by atoms with van der Waals surface area (Å²) in [5.41, 5.74) is 5.00. The first-order chi connectivity index (χ1) is 9.19. The number of carbonyl (C=O) groups is 1. The first-order valence-electron chi connectivity index (χ1n) is 7.58. The summed E-state index contributed by atoms with van der Waals surface area (Å²) in [6.07, 6.45) is 6.29. The molecule has 1 fully saturated rings. The summed E-state index contributed by atoms with van der Waals surface area (Å²) < 4.78 is 0. The minimum absolute atomic E-state index is 0.359. The van der Waals surface area contributed by atoms with E-state index < -0.39 is 11.5 Å². The average Bonchev–Trinajstić information content (AvgIpc) is 2.28. The third-order valence-corrected chi connectivity index (χ3v) is 4.77. The molecule has 1 aliphatic rings. The lowest BCUT2D eigenvalue weighted by molar-refractivity contribution is -0.142. The van der Waals surface area contributed by atoms with Crippen LogP contribution in [-0.2, 0) is 4.79 Å². The standard InChI is InChI=1S/C15H31N3O2/c1-14(16,13(19)20)8-5-6-11-18(4)12-15(17(2)3)9-7-10-15/h5-12,16H2,1-4H3,(H,19,20). The number of rotatable bonds is 9. The van der Waals surface area contributed by atoms with Gasteiger partial charge in [0.25, 0.3) is 0 Å². The van der Waals surface area contributed by atoms with Crippen molar-refractivity contribution in [3.05, 3.63) is 0 Å². The highest BCUT2D eigenvalue weighted by Crippen LogP contribution is 2.36. The first kappa shape index (κ1) is 17.4. The molecule has 0 aromatic rings. The van der Waals surface area contributed by atoms with Crippen molar-refractivity contribution in [2.24, 2.45) is 5.73 Å². The molecule has 0 aliphatic heterocycles. The summed E-state index contributed by atoms with van der Waals surface area (Å²) in [7, 11) is 6.49. The molecule has 1 atom stereocenters. The second-order valence-corrected chi connectivity index (χ2v) is 6.89. The van der Waals surface area contributed by atoms with E-state index in [1.807, 2.05) is 0 Å². The fourth-order valence-corrected chi connectivity index (χ4v) is 2.89. The summed E-state index contributed by atoms with van der Waals surface area (Å²) in [6, 6.07) is 0. The molecule has 20 heavy (non-hydrogen) atoms. The van der Waals surface area contributed by atoms with Crippen molar-refractivity contribution in [1.29, 1.82) is 0 Å². The lowest BCUT2D eigenvalue weighted by Crippen LogP contribution is -2.56. The third-order valence-electron chi connectivity index (χ3n) is 4.77. The van der Waals surface area contributed by atoms with E-state index >= 15 is 0 Å². The van der Waals surface area contributed by atoms with E-state index in [0.29, 0.717) is 12.0 Å². The van der Waals surface area contributed by atoms with Gasteiger partial charge in [0.2, 0.25) is 0 Å². The van der Waals surface area contributed by atoms with E-state index in [1.165, 1.54) is 19.3 Å². The van der Waals surface area contributed by atoms with Crippen LogP contribution in [0.5, 0.6) is 0 Å². The summed E-state index contributed by atoms with van der Waals surface area (Å²) in [5, 5.41) is 8.96. The summed E-state index contributed by atoms with van der Waals surface area (Å²) in [4.78, 5) is 15.6. The van der Waals surface area contributed by atoms with Crippen LogP contribution in [0, 0.1) is 0 Å². The second-order valence-electron chi connectivity index (χ2n) is 6.89. The number of nitrogens with two attached hydrogens (primary N) is 1. The van der Waals surface area contributed by atoms with Crippen LogP contribution in [-0.4, -0.2) is 66.2 Å². The summed E-state index contributed by atoms with van der Waals surface area (Å²) >= 11 is 0. The molecule has 1 saturated carbocycles. The smallest absolute Gasteiger partial charge is 0.323 e. The molecule has 3 N–H and O–H groups in total. The Kier molecular flexibility index (Phi) is 5.98. The molecule has 0 aromatic carbocycles. The number of hydrogen-bond acceptors (Lipinski definition) is 4. The molecule has 0 amide bonds. The number of unbranched alkanes of at least 4 members (excludes halogenated alkanes) is 1. The largest absolute Gasteiger partial charge is 0.480 e. The number of nitrogens with zero attached hydrogens (tertiary/aromatic N) is 2. The van der Waals surface area contributed by atoms with Gasteiger partial charge in [-0.2, -0.15) is 0 Å².